The fourth-order valence-electron chi connectivity index (χ4n) is 4.65. The average Bonchev–Trinajstić information content (AvgIpc) is 3.57. The minimum atomic E-state index is -0.824. The number of carbonyl (C=O) groups is 1. The molecule has 2 N–H and O–H groups in total. The molecule has 1 fully saturated rings. The summed E-state index contributed by atoms with van der Waals surface area (Å²) in [7, 11) is 0. The van der Waals surface area contributed by atoms with Crippen molar-refractivity contribution < 1.29 is 24.1 Å². The van der Waals surface area contributed by atoms with E-state index in [1.165, 1.54) is 5.69 Å². The monoisotopic (exact) mass is 524 g/mol. The van der Waals surface area contributed by atoms with Crippen molar-refractivity contribution in [2.45, 2.75) is 38.0 Å². The summed E-state index contributed by atoms with van der Waals surface area (Å²) in [6.45, 7) is 4.40. The molecule has 0 aliphatic carbocycles. The van der Waals surface area contributed by atoms with Crippen LogP contribution in [0.4, 0.5) is 11.5 Å². The molecule has 9 nitrogen and oxygen atoms in total. The first-order valence-corrected chi connectivity index (χ1v) is 13.6. The van der Waals surface area contributed by atoms with E-state index in [9.17, 15) is 9.90 Å². The molecule has 1 aromatic carbocycles. The fraction of sp³-hybridized carbons (Fsp3) is 0.444. The number of rotatable bonds is 12. The molecule has 0 saturated carbocycles. The number of thiazole rings is 1. The zero-order chi connectivity index (χ0) is 25.5. The highest BCUT2D eigenvalue weighted by Gasteiger charge is 2.22. The number of aryl methyl sites for hydroxylation is 1. The number of hydrogen-bond acceptors (Lipinski definition) is 9. The number of pyridine rings is 1. The molecule has 0 bridgehead atoms. The number of carboxylic acid groups (broad SMARTS) is 1. The van der Waals surface area contributed by atoms with Gasteiger partial charge in [0.2, 0.25) is 6.79 Å². The normalized spacial score (nSPS) is 15.5. The Morgan fingerprint density at radius 1 is 1.14 bits per heavy atom. The van der Waals surface area contributed by atoms with Gasteiger partial charge >= 0.3 is 5.97 Å². The fourth-order valence-corrected chi connectivity index (χ4v) is 5.50. The van der Waals surface area contributed by atoms with Crippen LogP contribution in [0.5, 0.6) is 11.5 Å². The molecule has 10 heteroatoms. The highest BCUT2D eigenvalue weighted by Crippen LogP contribution is 2.36. The molecular formula is C27H32N4O5S. The lowest BCUT2D eigenvalue weighted by Crippen LogP contribution is -2.36. The number of morpholine rings is 1. The van der Waals surface area contributed by atoms with Crippen LogP contribution in [0.1, 0.15) is 41.4 Å². The van der Waals surface area contributed by atoms with Gasteiger partial charge in [0.15, 0.2) is 11.5 Å². The number of aliphatic carboxylic acids is 1. The Balaban J connectivity index is 1.09. The lowest BCUT2D eigenvalue weighted by molar-refractivity contribution is -0.137. The smallest absolute Gasteiger partial charge is 0.303 e. The Labute approximate surface area is 220 Å². The summed E-state index contributed by atoms with van der Waals surface area (Å²) in [5.41, 5.74) is 3.04. The number of unbranched alkanes of at least 4 members (excludes halogenated alkanes) is 1. The summed E-state index contributed by atoms with van der Waals surface area (Å²) >= 11 is 1.65. The van der Waals surface area contributed by atoms with Crippen molar-refractivity contribution in [3.8, 4) is 11.5 Å². The van der Waals surface area contributed by atoms with Gasteiger partial charge in [0.25, 0.3) is 0 Å². The number of anilines is 2. The van der Waals surface area contributed by atoms with Crippen LogP contribution >= 0.6 is 11.3 Å². The van der Waals surface area contributed by atoms with Gasteiger partial charge in [-0.15, -0.1) is 11.3 Å². The first kappa shape index (κ1) is 25.3. The molecule has 5 rings (SSSR count). The predicted octanol–water partition coefficient (Wildman–Crippen LogP) is 4.34. The first-order chi connectivity index (χ1) is 18.1. The van der Waals surface area contributed by atoms with Crippen LogP contribution in [-0.4, -0.2) is 60.7 Å². The summed E-state index contributed by atoms with van der Waals surface area (Å²) in [6.07, 6.45) is 5.40. The second kappa shape index (κ2) is 12.2. The second-order valence-corrected chi connectivity index (χ2v) is 10.2. The quantitative estimate of drug-likeness (QED) is 0.335. The lowest BCUT2D eigenvalue weighted by Gasteiger charge is -2.29. The van der Waals surface area contributed by atoms with Crippen LogP contribution < -0.4 is 19.7 Å². The Bertz CT molecular complexity index is 1200. The van der Waals surface area contributed by atoms with Crippen molar-refractivity contribution in [1.29, 1.82) is 0 Å². The molecule has 2 aliphatic heterocycles. The summed E-state index contributed by atoms with van der Waals surface area (Å²) < 4.78 is 16.3. The van der Waals surface area contributed by atoms with Crippen molar-refractivity contribution >= 4 is 28.8 Å². The number of hydrogen-bond donors (Lipinski definition) is 2. The van der Waals surface area contributed by atoms with Gasteiger partial charge in [-0.3, -0.25) is 4.79 Å². The maximum absolute atomic E-state index is 11.5. The Kier molecular flexibility index (Phi) is 8.37. The zero-order valence-corrected chi connectivity index (χ0v) is 21.5. The van der Waals surface area contributed by atoms with E-state index in [0.717, 1.165) is 74.2 Å². The Hall–Kier alpha value is -3.37. The number of fused-ring (bicyclic) bond motifs is 1. The maximum atomic E-state index is 11.5. The summed E-state index contributed by atoms with van der Waals surface area (Å²) in [5, 5.41) is 16.0. The molecular weight excluding hydrogens is 492 g/mol. The van der Waals surface area contributed by atoms with E-state index >= 15 is 0 Å². The van der Waals surface area contributed by atoms with E-state index in [4.69, 9.17) is 19.2 Å². The SMILES string of the molecule is O=C(O)C[C@H](Cc1csc(CCCCNc2cc(N3CCOCC3)ccn2)n1)c1ccc2c(c1)OCO2. The highest BCUT2D eigenvalue weighted by atomic mass is 32.1. The molecule has 3 aromatic rings. The van der Waals surface area contributed by atoms with Gasteiger partial charge in [-0.25, -0.2) is 9.97 Å². The molecule has 37 heavy (non-hydrogen) atoms. The Morgan fingerprint density at radius 3 is 2.86 bits per heavy atom. The third-order valence-corrected chi connectivity index (χ3v) is 7.54. The van der Waals surface area contributed by atoms with Crippen LogP contribution in [0.2, 0.25) is 0 Å². The van der Waals surface area contributed by atoms with E-state index in [-0.39, 0.29) is 19.1 Å². The van der Waals surface area contributed by atoms with Gasteiger partial charge in [0, 0.05) is 48.9 Å². The van der Waals surface area contributed by atoms with Crippen molar-refractivity contribution in [3.05, 3.63) is 58.2 Å². The molecule has 4 heterocycles. The van der Waals surface area contributed by atoms with E-state index in [2.05, 4.69) is 26.6 Å². The average molecular weight is 525 g/mol. The standard InChI is InChI=1S/C27H32N4O5S/c32-27(33)15-20(19-4-5-23-24(14-19)36-18-35-23)13-21-17-37-26(30-21)3-1-2-7-28-25-16-22(6-8-29-25)31-9-11-34-12-10-31/h4-6,8,14,16-17,20H,1-3,7,9-13,15,18H2,(H,28,29)(H,32,33)/t20-/m0/s1. The number of ether oxygens (including phenoxy) is 3. The minimum absolute atomic E-state index is 0.0406. The van der Waals surface area contributed by atoms with Crippen molar-refractivity contribution in [3.63, 3.8) is 0 Å². The first-order valence-electron chi connectivity index (χ1n) is 12.7. The van der Waals surface area contributed by atoms with E-state index in [1.54, 1.807) is 11.3 Å². The summed E-state index contributed by atoms with van der Waals surface area (Å²) in [4.78, 5) is 23.1. The molecule has 0 spiro atoms. The van der Waals surface area contributed by atoms with Crippen LogP contribution in [0.25, 0.3) is 0 Å². The largest absolute Gasteiger partial charge is 0.481 e. The van der Waals surface area contributed by atoms with Crippen molar-refractivity contribution in [2.24, 2.45) is 0 Å². The molecule has 2 aliphatic rings. The molecule has 0 unspecified atom stereocenters. The third kappa shape index (κ3) is 6.90. The van der Waals surface area contributed by atoms with Gasteiger partial charge in [0.1, 0.15) is 5.82 Å². The van der Waals surface area contributed by atoms with Gasteiger partial charge in [-0.05, 0) is 49.4 Å². The molecule has 0 radical (unpaired) electrons. The van der Waals surface area contributed by atoms with E-state index in [1.807, 2.05) is 30.5 Å². The van der Waals surface area contributed by atoms with Crippen molar-refractivity contribution in [2.75, 3.05) is 49.9 Å². The molecule has 196 valence electrons. The molecule has 1 atom stereocenters. The molecule has 0 amide bonds. The molecule has 2 aromatic heterocycles. The third-order valence-electron chi connectivity index (χ3n) is 6.59. The van der Waals surface area contributed by atoms with Crippen LogP contribution in [0.3, 0.4) is 0 Å². The van der Waals surface area contributed by atoms with Crippen LogP contribution in [0, 0.1) is 0 Å². The van der Waals surface area contributed by atoms with Gasteiger partial charge in [-0.1, -0.05) is 6.07 Å². The van der Waals surface area contributed by atoms with Gasteiger partial charge in [-0.2, -0.15) is 0 Å². The number of benzene rings is 1. The van der Waals surface area contributed by atoms with E-state index in [0.29, 0.717) is 17.9 Å². The number of nitrogens with zero attached hydrogens (tertiary/aromatic N) is 3. The van der Waals surface area contributed by atoms with Gasteiger partial charge < -0.3 is 29.5 Å². The minimum Gasteiger partial charge on any atom is -0.481 e. The van der Waals surface area contributed by atoms with Crippen molar-refractivity contribution in [1.82, 2.24) is 9.97 Å². The summed E-state index contributed by atoms with van der Waals surface area (Å²) in [5.74, 6) is 1.27. The van der Waals surface area contributed by atoms with Crippen LogP contribution in [-0.2, 0) is 22.4 Å². The van der Waals surface area contributed by atoms with E-state index < -0.39 is 5.97 Å². The number of aromatic nitrogens is 2. The van der Waals surface area contributed by atoms with Gasteiger partial charge in [0.05, 0.1) is 30.3 Å². The van der Waals surface area contributed by atoms with Crippen LogP contribution in [0.15, 0.2) is 41.9 Å². The molecule has 1 saturated heterocycles. The summed E-state index contributed by atoms with van der Waals surface area (Å²) in [6, 6.07) is 9.81. The second-order valence-electron chi connectivity index (χ2n) is 9.23. The lowest BCUT2D eigenvalue weighted by atomic mass is 9.91. The Morgan fingerprint density at radius 2 is 2.00 bits per heavy atom. The number of nitrogens with one attached hydrogen (secondary N) is 1. The maximum Gasteiger partial charge on any atom is 0.303 e. The predicted molar refractivity (Wildman–Crippen MR) is 142 cm³/mol. The highest BCUT2D eigenvalue weighted by molar-refractivity contribution is 7.09. The number of carboxylic acids is 1. The topological polar surface area (TPSA) is 106 Å². The zero-order valence-electron chi connectivity index (χ0n) is 20.7.